The summed E-state index contributed by atoms with van der Waals surface area (Å²) in [6.45, 7) is 0. The van der Waals surface area contributed by atoms with Gasteiger partial charge in [-0.05, 0) is 18.1 Å². The minimum atomic E-state index is -0.380. The van der Waals surface area contributed by atoms with Crippen molar-refractivity contribution in [3.63, 3.8) is 0 Å². The summed E-state index contributed by atoms with van der Waals surface area (Å²) >= 11 is 11.1. The summed E-state index contributed by atoms with van der Waals surface area (Å²) in [4.78, 5) is 0. The fourth-order valence-corrected chi connectivity index (χ4v) is 1.27. The molecule has 1 aromatic carbocycles. The zero-order chi connectivity index (χ0) is 8.27. The van der Waals surface area contributed by atoms with Gasteiger partial charge in [0.1, 0.15) is 5.82 Å². The van der Waals surface area contributed by atoms with Crippen molar-refractivity contribution in [3.05, 3.63) is 34.6 Å². The molecule has 0 heterocycles. The van der Waals surface area contributed by atoms with Crippen molar-refractivity contribution in [1.29, 1.82) is 0 Å². The standard InChI is InChI=1S/C8H7Cl2F/c9-5-4-6-2-1-3-7(11)8(6)10/h1-3H,4-5H2. The summed E-state index contributed by atoms with van der Waals surface area (Å²) in [7, 11) is 0. The van der Waals surface area contributed by atoms with Gasteiger partial charge in [0.05, 0.1) is 5.02 Å². The number of benzene rings is 1. The minimum absolute atomic E-state index is 0.188. The van der Waals surface area contributed by atoms with Gasteiger partial charge in [-0.1, -0.05) is 23.7 Å². The summed E-state index contributed by atoms with van der Waals surface area (Å²) < 4.78 is 12.7. The molecule has 60 valence electrons. The van der Waals surface area contributed by atoms with Crippen molar-refractivity contribution in [2.75, 3.05) is 5.88 Å². The van der Waals surface area contributed by atoms with Crippen molar-refractivity contribution in [2.24, 2.45) is 0 Å². The Morgan fingerprint density at radius 2 is 2.09 bits per heavy atom. The Balaban J connectivity index is 2.96. The largest absolute Gasteiger partial charge is 0.205 e. The molecular weight excluding hydrogens is 186 g/mol. The van der Waals surface area contributed by atoms with Crippen LogP contribution in [0.4, 0.5) is 4.39 Å². The number of aryl methyl sites for hydroxylation is 1. The van der Waals surface area contributed by atoms with E-state index >= 15 is 0 Å². The van der Waals surface area contributed by atoms with Gasteiger partial charge in [-0.15, -0.1) is 11.6 Å². The fraction of sp³-hybridized carbons (Fsp3) is 0.250. The summed E-state index contributed by atoms with van der Waals surface area (Å²) in [5, 5.41) is 0.188. The lowest BCUT2D eigenvalue weighted by molar-refractivity contribution is 0.626. The maximum Gasteiger partial charge on any atom is 0.142 e. The number of hydrogen-bond acceptors (Lipinski definition) is 0. The van der Waals surface area contributed by atoms with Gasteiger partial charge in [-0.25, -0.2) is 4.39 Å². The van der Waals surface area contributed by atoms with Crippen LogP contribution < -0.4 is 0 Å². The lowest BCUT2D eigenvalue weighted by Crippen LogP contribution is -1.89. The van der Waals surface area contributed by atoms with Gasteiger partial charge in [0.15, 0.2) is 0 Å². The average Bonchev–Trinajstić information content (AvgIpc) is 1.99. The molecule has 0 fully saturated rings. The second-order valence-electron chi connectivity index (χ2n) is 2.15. The fourth-order valence-electron chi connectivity index (χ4n) is 0.843. The van der Waals surface area contributed by atoms with E-state index in [1.165, 1.54) is 6.07 Å². The Kier molecular flexibility index (Phi) is 3.16. The first-order valence-corrected chi connectivity index (χ1v) is 4.16. The van der Waals surface area contributed by atoms with Crippen LogP contribution in [0, 0.1) is 5.82 Å². The monoisotopic (exact) mass is 192 g/mol. The Labute approximate surface area is 74.9 Å². The zero-order valence-electron chi connectivity index (χ0n) is 5.78. The summed E-state index contributed by atoms with van der Waals surface area (Å²) in [6.07, 6.45) is 0.609. The number of halogens is 3. The second-order valence-corrected chi connectivity index (χ2v) is 2.91. The van der Waals surface area contributed by atoms with E-state index in [1.54, 1.807) is 12.1 Å². The van der Waals surface area contributed by atoms with Crippen LogP contribution in [-0.2, 0) is 6.42 Å². The molecule has 1 rings (SSSR count). The molecule has 0 amide bonds. The van der Waals surface area contributed by atoms with Crippen LogP contribution in [-0.4, -0.2) is 5.88 Å². The van der Waals surface area contributed by atoms with Crippen LogP contribution in [0.3, 0.4) is 0 Å². The molecule has 0 N–H and O–H groups in total. The number of alkyl halides is 1. The van der Waals surface area contributed by atoms with E-state index in [9.17, 15) is 4.39 Å². The van der Waals surface area contributed by atoms with Crippen molar-refractivity contribution in [2.45, 2.75) is 6.42 Å². The first kappa shape index (κ1) is 8.82. The normalized spacial score (nSPS) is 10.1. The molecule has 0 radical (unpaired) electrons. The van der Waals surface area contributed by atoms with E-state index in [0.717, 1.165) is 5.56 Å². The van der Waals surface area contributed by atoms with Gasteiger partial charge in [0, 0.05) is 5.88 Å². The zero-order valence-corrected chi connectivity index (χ0v) is 7.29. The Hall–Kier alpha value is -0.270. The lowest BCUT2D eigenvalue weighted by Gasteiger charge is -2.00. The SMILES string of the molecule is Fc1cccc(CCCl)c1Cl. The third-order valence-corrected chi connectivity index (χ3v) is 2.01. The predicted molar refractivity (Wildman–Crippen MR) is 45.8 cm³/mol. The number of rotatable bonds is 2. The molecule has 0 saturated heterocycles. The van der Waals surface area contributed by atoms with Crippen molar-refractivity contribution >= 4 is 23.2 Å². The molecule has 1 aromatic rings. The summed E-state index contributed by atoms with van der Waals surface area (Å²) in [5.74, 6) is 0.0812. The summed E-state index contributed by atoms with van der Waals surface area (Å²) in [5.41, 5.74) is 0.765. The van der Waals surface area contributed by atoms with Crippen LogP contribution in [0.2, 0.25) is 5.02 Å². The molecule has 0 aliphatic heterocycles. The van der Waals surface area contributed by atoms with E-state index in [0.29, 0.717) is 12.3 Å². The number of hydrogen-bond donors (Lipinski definition) is 0. The Morgan fingerprint density at radius 3 is 2.73 bits per heavy atom. The van der Waals surface area contributed by atoms with Crippen LogP contribution in [0.15, 0.2) is 18.2 Å². The molecule has 0 unspecified atom stereocenters. The van der Waals surface area contributed by atoms with E-state index in [4.69, 9.17) is 23.2 Å². The van der Waals surface area contributed by atoms with Crippen molar-refractivity contribution in [1.82, 2.24) is 0 Å². The Bertz CT molecular complexity index is 248. The molecule has 0 bridgehead atoms. The van der Waals surface area contributed by atoms with Crippen LogP contribution in [0.5, 0.6) is 0 Å². The smallest absolute Gasteiger partial charge is 0.142 e. The van der Waals surface area contributed by atoms with Gasteiger partial charge < -0.3 is 0 Å². The maximum atomic E-state index is 12.7. The van der Waals surface area contributed by atoms with Gasteiger partial charge in [0.2, 0.25) is 0 Å². The highest BCUT2D eigenvalue weighted by atomic mass is 35.5. The highest BCUT2D eigenvalue weighted by Gasteiger charge is 2.03. The lowest BCUT2D eigenvalue weighted by atomic mass is 10.2. The first-order valence-electron chi connectivity index (χ1n) is 3.24. The highest BCUT2D eigenvalue weighted by molar-refractivity contribution is 6.31. The molecular formula is C8H7Cl2F. The van der Waals surface area contributed by atoms with Gasteiger partial charge in [-0.2, -0.15) is 0 Å². The predicted octanol–water partition coefficient (Wildman–Crippen LogP) is 3.26. The molecule has 11 heavy (non-hydrogen) atoms. The van der Waals surface area contributed by atoms with Crippen molar-refractivity contribution < 1.29 is 4.39 Å². The molecule has 0 aromatic heterocycles. The quantitative estimate of drug-likeness (QED) is 0.632. The van der Waals surface area contributed by atoms with Gasteiger partial charge >= 0.3 is 0 Å². The minimum Gasteiger partial charge on any atom is -0.205 e. The first-order chi connectivity index (χ1) is 5.25. The van der Waals surface area contributed by atoms with Crippen LogP contribution in [0.1, 0.15) is 5.56 Å². The Morgan fingerprint density at radius 1 is 1.36 bits per heavy atom. The molecule has 0 saturated carbocycles. The molecule has 0 atom stereocenters. The van der Waals surface area contributed by atoms with Crippen molar-refractivity contribution in [3.8, 4) is 0 Å². The van der Waals surface area contributed by atoms with E-state index in [1.807, 2.05) is 0 Å². The van der Waals surface area contributed by atoms with E-state index in [2.05, 4.69) is 0 Å². The third-order valence-electron chi connectivity index (χ3n) is 1.40. The van der Waals surface area contributed by atoms with Gasteiger partial charge in [0.25, 0.3) is 0 Å². The highest BCUT2D eigenvalue weighted by Crippen LogP contribution is 2.19. The van der Waals surface area contributed by atoms with E-state index in [-0.39, 0.29) is 10.8 Å². The molecule has 0 nitrogen and oxygen atoms in total. The molecule has 3 heteroatoms. The third kappa shape index (κ3) is 2.08. The second kappa shape index (κ2) is 3.93. The summed E-state index contributed by atoms with van der Waals surface area (Å²) in [6, 6.07) is 4.73. The topological polar surface area (TPSA) is 0 Å². The molecule has 0 aliphatic carbocycles. The van der Waals surface area contributed by atoms with Gasteiger partial charge in [-0.3, -0.25) is 0 Å². The maximum absolute atomic E-state index is 12.7. The van der Waals surface area contributed by atoms with Crippen LogP contribution in [0.25, 0.3) is 0 Å². The molecule has 0 aliphatic rings. The molecule has 0 spiro atoms. The van der Waals surface area contributed by atoms with Crippen LogP contribution >= 0.6 is 23.2 Å². The van der Waals surface area contributed by atoms with E-state index < -0.39 is 0 Å². The average molecular weight is 193 g/mol.